The van der Waals surface area contributed by atoms with Crippen LogP contribution in [0.4, 0.5) is 5.69 Å². The predicted octanol–water partition coefficient (Wildman–Crippen LogP) is 0.406. The summed E-state index contributed by atoms with van der Waals surface area (Å²) in [5, 5.41) is 3.35. The van der Waals surface area contributed by atoms with Crippen LogP contribution in [0.15, 0.2) is 24.3 Å². The summed E-state index contributed by atoms with van der Waals surface area (Å²) in [6.45, 7) is 4.65. The molecule has 0 saturated carbocycles. The third-order valence-electron chi connectivity index (χ3n) is 2.66. The lowest BCUT2D eigenvalue weighted by atomic mass is 10.2. The SMILES string of the molecule is NCC#Cc1cccc(N2CCNCC2)c1. The zero-order chi connectivity index (χ0) is 11.2. The number of anilines is 1. The van der Waals surface area contributed by atoms with Crippen molar-refractivity contribution in [2.75, 3.05) is 37.6 Å². The van der Waals surface area contributed by atoms with Crippen molar-refractivity contribution in [3.8, 4) is 11.8 Å². The molecule has 0 aromatic heterocycles. The average molecular weight is 215 g/mol. The summed E-state index contributed by atoms with van der Waals surface area (Å²) in [4.78, 5) is 2.38. The molecule has 1 aromatic carbocycles. The van der Waals surface area contributed by atoms with Crippen LogP contribution in [0.5, 0.6) is 0 Å². The number of benzene rings is 1. The molecule has 1 aliphatic rings. The van der Waals surface area contributed by atoms with Crippen molar-refractivity contribution in [1.29, 1.82) is 0 Å². The van der Waals surface area contributed by atoms with Gasteiger partial charge in [0, 0.05) is 37.4 Å². The van der Waals surface area contributed by atoms with Crippen LogP contribution >= 0.6 is 0 Å². The van der Waals surface area contributed by atoms with E-state index in [1.165, 1.54) is 5.69 Å². The van der Waals surface area contributed by atoms with Crippen LogP contribution in [-0.4, -0.2) is 32.7 Å². The highest BCUT2D eigenvalue weighted by atomic mass is 15.2. The molecule has 0 spiro atoms. The van der Waals surface area contributed by atoms with Crippen molar-refractivity contribution in [3.63, 3.8) is 0 Å². The number of hydrogen-bond donors (Lipinski definition) is 2. The topological polar surface area (TPSA) is 41.3 Å². The molecule has 16 heavy (non-hydrogen) atoms. The van der Waals surface area contributed by atoms with Gasteiger partial charge in [0.2, 0.25) is 0 Å². The van der Waals surface area contributed by atoms with Crippen molar-refractivity contribution in [2.45, 2.75) is 0 Å². The van der Waals surface area contributed by atoms with Gasteiger partial charge in [-0.05, 0) is 18.2 Å². The van der Waals surface area contributed by atoms with Crippen LogP contribution < -0.4 is 16.0 Å². The quantitative estimate of drug-likeness (QED) is 0.667. The van der Waals surface area contributed by atoms with E-state index < -0.39 is 0 Å². The van der Waals surface area contributed by atoms with E-state index in [0.29, 0.717) is 6.54 Å². The van der Waals surface area contributed by atoms with Gasteiger partial charge in [0.25, 0.3) is 0 Å². The molecule has 1 aromatic rings. The van der Waals surface area contributed by atoms with Gasteiger partial charge in [-0.3, -0.25) is 0 Å². The Hall–Kier alpha value is -1.50. The van der Waals surface area contributed by atoms with Crippen LogP contribution in [0.3, 0.4) is 0 Å². The summed E-state index contributed by atoms with van der Waals surface area (Å²) < 4.78 is 0. The van der Waals surface area contributed by atoms with Gasteiger partial charge in [0.1, 0.15) is 0 Å². The van der Waals surface area contributed by atoms with Crippen molar-refractivity contribution < 1.29 is 0 Å². The molecule has 3 heteroatoms. The second kappa shape index (κ2) is 5.55. The van der Waals surface area contributed by atoms with Crippen molar-refractivity contribution in [3.05, 3.63) is 29.8 Å². The number of piperazine rings is 1. The number of nitrogens with two attached hydrogens (primary N) is 1. The smallest absolute Gasteiger partial charge is 0.0555 e. The molecule has 1 heterocycles. The molecule has 1 aliphatic heterocycles. The second-order valence-electron chi connectivity index (χ2n) is 3.79. The minimum atomic E-state index is 0.415. The Kier molecular flexibility index (Phi) is 3.81. The molecular weight excluding hydrogens is 198 g/mol. The standard InChI is InChI=1S/C13H17N3/c14-6-2-4-12-3-1-5-13(11-12)16-9-7-15-8-10-16/h1,3,5,11,15H,6-10,14H2. The summed E-state index contributed by atoms with van der Waals surface area (Å²) in [6, 6.07) is 8.35. The fourth-order valence-electron chi connectivity index (χ4n) is 1.86. The summed E-state index contributed by atoms with van der Waals surface area (Å²) in [6.07, 6.45) is 0. The fourth-order valence-corrected chi connectivity index (χ4v) is 1.86. The zero-order valence-corrected chi connectivity index (χ0v) is 9.37. The van der Waals surface area contributed by atoms with E-state index in [0.717, 1.165) is 31.7 Å². The minimum Gasteiger partial charge on any atom is -0.369 e. The van der Waals surface area contributed by atoms with E-state index in [2.05, 4.69) is 40.3 Å². The minimum absolute atomic E-state index is 0.415. The van der Waals surface area contributed by atoms with Crippen LogP contribution in [0.1, 0.15) is 5.56 Å². The maximum atomic E-state index is 5.36. The van der Waals surface area contributed by atoms with E-state index in [4.69, 9.17) is 5.73 Å². The van der Waals surface area contributed by atoms with Crippen LogP contribution in [0.2, 0.25) is 0 Å². The molecule has 0 atom stereocenters. The van der Waals surface area contributed by atoms with Gasteiger partial charge in [0.15, 0.2) is 0 Å². The fraction of sp³-hybridized carbons (Fsp3) is 0.385. The maximum Gasteiger partial charge on any atom is 0.0555 e. The first-order valence-corrected chi connectivity index (χ1v) is 5.65. The molecule has 0 aliphatic carbocycles. The highest BCUT2D eigenvalue weighted by molar-refractivity contribution is 5.52. The Balaban J connectivity index is 2.14. The molecule has 0 bridgehead atoms. The largest absolute Gasteiger partial charge is 0.369 e. The van der Waals surface area contributed by atoms with E-state index in [1.54, 1.807) is 0 Å². The number of nitrogens with one attached hydrogen (secondary N) is 1. The lowest BCUT2D eigenvalue weighted by molar-refractivity contribution is 0.589. The molecule has 1 fully saturated rings. The van der Waals surface area contributed by atoms with Gasteiger partial charge in [-0.15, -0.1) is 0 Å². The van der Waals surface area contributed by atoms with E-state index in [9.17, 15) is 0 Å². The van der Waals surface area contributed by atoms with Gasteiger partial charge < -0.3 is 16.0 Å². The monoisotopic (exact) mass is 215 g/mol. The van der Waals surface area contributed by atoms with Gasteiger partial charge in [-0.1, -0.05) is 17.9 Å². The first-order valence-electron chi connectivity index (χ1n) is 5.65. The van der Waals surface area contributed by atoms with E-state index in [1.807, 2.05) is 6.07 Å². The normalized spacial score (nSPS) is 15.4. The van der Waals surface area contributed by atoms with Gasteiger partial charge in [-0.25, -0.2) is 0 Å². The van der Waals surface area contributed by atoms with Crippen LogP contribution in [0, 0.1) is 11.8 Å². The molecule has 3 nitrogen and oxygen atoms in total. The Morgan fingerprint density at radius 2 is 2.12 bits per heavy atom. The lowest BCUT2D eigenvalue weighted by Gasteiger charge is -2.29. The lowest BCUT2D eigenvalue weighted by Crippen LogP contribution is -2.43. The van der Waals surface area contributed by atoms with Crippen molar-refractivity contribution >= 4 is 5.69 Å². The van der Waals surface area contributed by atoms with Crippen LogP contribution in [-0.2, 0) is 0 Å². The molecular formula is C13H17N3. The Labute approximate surface area is 96.6 Å². The highest BCUT2D eigenvalue weighted by Gasteiger charge is 2.09. The summed E-state index contributed by atoms with van der Waals surface area (Å²) in [7, 11) is 0. The highest BCUT2D eigenvalue weighted by Crippen LogP contribution is 2.16. The molecule has 1 saturated heterocycles. The van der Waals surface area contributed by atoms with Gasteiger partial charge in [-0.2, -0.15) is 0 Å². The molecule has 0 radical (unpaired) electrons. The third kappa shape index (κ3) is 2.75. The van der Waals surface area contributed by atoms with Crippen molar-refractivity contribution in [1.82, 2.24) is 5.32 Å². The Morgan fingerprint density at radius 3 is 2.88 bits per heavy atom. The molecule has 2 rings (SSSR count). The Bertz CT molecular complexity index is 397. The third-order valence-corrected chi connectivity index (χ3v) is 2.66. The average Bonchev–Trinajstić information content (AvgIpc) is 2.38. The number of nitrogens with zero attached hydrogens (tertiary/aromatic N) is 1. The van der Waals surface area contributed by atoms with E-state index in [-0.39, 0.29) is 0 Å². The predicted molar refractivity (Wildman–Crippen MR) is 67.5 cm³/mol. The van der Waals surface area contributed by atoms with Crippen LogP contribution in [0.25, 0.3) is 0 Å². The molecule has 3 N–H and O–H groups in total. The number of rotatable bonds is 1. The summed E-state index contributed by atoms with van der Waals surface area (Å²) >= 11 is 0. The zero-order valence-electron chi connectivity index (χ0n) is 9.37. The van der Waals surface area contributed by atoms with Gasteiger partial charge >= 0.3 is 0 Å². The second-order valence-corrected chi connectivity index (χ2v) is 3.79. The first-order chi connectivity index (χ1) is 7.90. The molecule has 84 valence electrons. The van der Waals surface area contributed by atoms with Gasteiger partial charge in [0.05, 0.1) is 6.54 Å². The van der Waals surface area contributed by atoms with E-state index >= 15 is 0 Å². The first kappa shape index (κ1) is 11.0. The molecule has 0 unspecified atom stereocenters. The Morgan fingerprint density at radius 1 is 1.31 bits per heavy atom. The summed E-state index contributed by atoms with van der Waals surface area (Å²) in [5.74, 6) is 5.95. The number of hydrogen-bond acceptors (Lipinski definition) is 3. The summed E-state index contributed by atoms with van der Waals surface area (Å²) in [5.41, 5.74) is 7.66. The molecule has 0 amide bonds. The van der Waals surface area contributed by atoms with Crippen molar-refractivity contribution in [2.24, 2.45) is 5.73 Å². The maximum absolute atomic E-state index is 5.36.